The molecule has 0 radical (unpaired) electrons. The van der Waals surface area contributed by atoms with Crippen LogP contribution in [0, 0.1) is 22.0 Å². The van der Waals surface area contributed by atoms with Crippen molar-refractivity contribution >= 4 is 23.4 Å². The summed E-state index contributed by atoms with van der Waals surface area (Å²) in [4.78, 5) is 54.3. The van der Waals surface area contributed by atoms with Gasteiger partial charge in [0.15, 0.2) is 0 Å². The molecule has 222 valence electrons. The molecule has 10 heteroatoms. The minimum atomic E-state index is -0.689. The van der Waals surface area contributed by atoms with Gasteiger partial charge in [-0.15, -0.1) is 0 Å². The molecule has 3 atom stereocenters. The van der Waals surface area contributed by atoms with E-state index in [4.69, 9.17) is 0 Å². The smallest absolute Gasteiger partial charge is 0.269 e. The first-order valence-electron chi connectivity index (χ1n) is 14.3. The third-order valence-electron chi connectivity index (χ3n) is 7.57. The van der Waals surface area contributed by atoms with Crippen LogP contribution < -0.4 is 10.6 Å². The first-order chi connectivity index (χ1) is 18.7. The number of non-ortho nitro benzene ring substituents is 1. The van der Waals surface area contributed by atoms with E-state index in [1.165, 1.54) is 12.1 Å². The van der Waals surface area contributed by atoms with Crippen LogP contribution >= 0.6 is 0 Å². The van der Waals surface area contributed by atoms with Crippen LogP contribution in [0.3, 0.4) is 0 Å². The predicted molar refractivity (Wildman–Crippen MR) is 156 cm³/mol. The molecule has 2 rings (SSSR count). The third-order valence-corrected chi connectivity index (χ3v) is 7.57. The Bertz CT molecular complexity index is 1080. The SMILES string of the molecule is C/C(=C\[C@H](C(C)C)N(C)C(=O)[C@@H](NC(=O)C1CCCCN1C(C)C)C(C)C)C(=O)NCc1cccc([N+](=O)[O-])c1. The fourth-order valence-corrected chi connectivity index (χ4v) is 5.17. The number of nitro groups is 1. The largest absolute Gasteiger partial charge is 0.348 e. The number of hydrogen-bond acceptors (Lipinski definition) is 6. The van der Waals surface area contributed by atoms with Crippen LogP contribution in [0.25, 0.3) is 0 Å². The average molecular weight is 558 g/mol. The molecule has 10 nitrogen and oxygen atoms in total. The first-order valence-corrected chi connectivity index (χ1v) is 14.3. The van der Waals surface area contributed by atoms with Gasteiger partial charge in [-0.3, -0.25) is 29.4 Å². The normalized spacial score (nSPS) is 18.0. The van der Waals surface area contributed by atoms with Crippen LogP contribution in [0.4, 0.5) is 5.69 Å². The van der Waals surface area contributed by atoms with Gasteiger partial charge in [0.05, 0.1) is 17.0 Å². The number of likely N-dealkylation sites (N-methyl/N-ethyl adjacent to an activating group) is 1. The second-order valence-corrected chi connectivity index (χ2v) is 11.7. The Labute approximate surface area is 238 Å². The Kier molecular flexibility index (Phi) is 12.3. The summed E-state index contributed by atoms with van der Waals surface area (Å²) in [5.74, 6) is -0.743. The Morgan fingerprint density at radius 3 is 2.38 bits per heavy atom. The highest BCUT2D eigenvalue weighted by Gasteiger charge is 2.36. The quantitative estimate of drug-likeness (QED) is 0.227. The minimum absolute atomic E-state index is 0.00626. The zero-order valence-electron chi connectivity index (χ0n) is 25.3. The maximum Gasteiger partial charge on any atom is 0.269 e. The van der Waals surface area contributed by atoms with Crippen LogP contribution in [0.15, 0.2) is 35.9 Å². The molecule has 0 aromatic heterocycles. The maximum absolute atomic E-state index is 13.7. The molecule has 3 amide bonds. The van der Waals surface area contributed by atoms with Gasteiger partial charge in [0.1, 0.15) is 6.04 Å². The first kappa shape index (κ1) is 32.9. The van der Waals surface area contributed by atoms with Crippen LogP contribution in [0.2, 0.25) is 0 Å². The van der Waals surface area contributed by atoms with Gasteiger partial charge in [0.25, 0.3) is 5.69 Å². The number of carbonyl (C=O) groups excluding carboxylic acids is 3. The molecule has 40 heavy (non-hydrogen) atoms. The molecule has 2 N–H and O–H groups in total. The van der Waals surface area contributed by atoms with Gasteiger partial charge in [0, 0.05) is 37.3 Å². The Morgan fingerprint density at radius 1 is 1.12 bits per heavy atom. The second kappa shape index (κ2) is 14.9. The molecule has 1 aliphatic heterocycles. The van der Waals surface area contributed by atoms with Crippen LogP contribution in [-0.4, -0.2) is 70.2 Å². The lowest BCUT2D eigenvalue weighted by Crippen LogP contribution is -2.58. The van der Waals surface area contributed by atoms with E-state index in [-0.39, 0.29) is 59.9 Å². The van der Waals surface area contributed by atoms with E-state index in [0.29, 0.717) is 11.1 Å². The molecular weight excluding hydrogens is 510 g/mol. The highest BCUT2D eigenvalue weighted by molar-refractivity contribution is 5.93. The van der Waals surface area contributed by atoms with Gasteiger partial charge in [-0.05, 0) is 57.6 Å². The van der Waals surface area contributed by atoms with E-state index in [9.17, 15) is 24.5 Å². The number of nitrogens with zero attached hydrogens (tertiary/aromatic N) is 3. The standard InChI is InChI=1S/C30H47N5O5/c1-19(2)26(16-22(7)28(36)31-18-23-12-11-13-24(17-23)35(39)40)33(8)30(38)27(20(3)4)32-29(37)25-14-9-10-15-34(25)21(5)6/h11-13,16-17,19-21,25-27H,9-10,14-15,18H2,1-8H3,(H,31,36)(H,32,37)/b22-16+/t25?,26-,27+/m1/s1. The lowest BCUT2D eigenvalue weighted by molar-refractivity contribution is -0.384. The molecular formula is C30H47N5O5. The summed E-state index contributed by atoms with van der Waals surface area (Å²) >= 11 is 0. The van der Waals surface area contributed by atoms with Gasteiger partial charge in [-0.25, -0.2) is 0 Å². The van der Waals surface area contributed by atoms with E-state index in [2.05, 4.69) is 29.4 Å². The summed E-state index contributed by atoms with van der Waals surface area (Å²) in [5.41, 5.74) is 1.02. The van der Waals surface area contributed by atoms with Crippen molar-refractivity contribution in [1.82, 2.24) is 20.4 Å². The van der Waals surface area contributed by atoms with Gasteiger partial charge in [-0.1, -0.05) is 52.3 Å². The number of amides is 3. The number of benzene rings is 1. The number of carbonyl (C=O) groups is 3. The third kappa shape index (κ3) is 8.87. The summed E-state index contributed by atoms with van der Waals surface area (Å²) in [6.45, 7) is 14.7. The van der Waals surface area contributed by atoms with Crippen LogP contribution in [0.1, 0.15) is 73.3 Å². The van der Waals surface area contributed by atoms with Crippen molar-refractivity contribution in [3.63, 3.8) is 0 Å². The summed E-state index contributed by atoms with van der Waals surface area (Å²) in [7, 11) is 1.71. The second-order valence-electron chi connectivity index (χ2n) is 11.7. The molecule has 1 aromatic rings. The van der Waals surface area contributed by atoms with E-state index in [1.807, 2.05) is 27.7 Å². The average Bonchev–Trinajstić information content (AvgIpc) is 2.91. The van der Waals surface area contributed by atoms with Gasteiger partial charge in [-0.2, -0.15) is 0 Å². The lowest BCUT2D eigenvalue weighted by atomic mass is 9.95. The summed E-state index contributed by atoms with van der Waals surface area (Å²) in [6.07, 6.45) is 4.61. The lowest BCUT2D eigenvalue weighted by Gasteiger charge is -2.39. The zero-order valence-corrected chi connectivity index (χ0v) is 25.3. The summed E-state index contributed by atoms with van der Waals surface area (Å²) in [6, 6.07) is 5.05. The van der Waals surface area contributed by atoms with Crippen molar-refractivity contribution < 1.29 is 19.3 Å². The topological polar surface area (TPSA) is 125 Å². The summed E-state index contributed by atoms with van der Waals surface area (Å²) in [5, 5.41) is 16.9. The molecule has 0 aliphatic carbocycles. The Morgan fingerprint density at radius 2 is 1.80 bits per heavy atom. The van der Waals surface area contributed by atoms with Crippen molar-refractivity contribution in [2.45, 2.75) is 98.4 Å². The predicted octanol–water partition coefficient (Wildman–Crippen LogP) is 4.04. The number of likely N-dealkylation sites (tertiary alicyclic amines) is 1. The van der Waals surface area contributed by atoms with Gasteiger partial charge < -0.3 is 15.5 Å². The number of hydrogen-bond donors (Lipinski definition) is 2. The monoisotopic (exact) mass is 557 g/mol. The number of nitro benzene ring substituents is 1. The van der Waals surface area contributed by atoms with Crippen molar-refractivity contribution in [2.75, 3.05) is 13.6 Å². The number of nitrogens with one attached hydrogen (secondary N) is 2. The molecule has 1 unspecified atom stereocenters. The molecule has 1 aliphatic rings. The van der Waals surface area contributed by atoms with E-state index in [1.54, 1.807) is 37.1 Å². The van der Waals surface area contributed by atoms with Crippen molar-refractivity contribution in [2.24, 2.45) is 11.8 Å². The van der Waals surface area contributed by atoms with Crippen molar-refractivity contribution in [1.29, 1.82) is 0 Å². The maximum atomic E-state index is 13.7. The molecule has 1 fully saturated rings. The van der Waals surface area contributed by atoms with Crippen LogP contribution in [0.5, 0.6) is 0 Å². The summed E-state index contributed by atoms with van der Waals surface area (Å²) < 4.78 is 0. The fraction of sp³-hybridized carbons (Fsp3) is 0.633. The molecule has 1 saturated heterocycles. The van der Waals surface area contributed by atoms with Gasteiger partial charge in [0.2, 0.25) is 17.7 Å². The Balaban J connectivity index is 2.14. The fourth-order valence-electron chi connectivity index (χ4n) is 5.17. The minimum Gasteiger partial charge on any atom is -0.348 e. The zero-order chi connectivity index (χ0) is 30.1. The highest BCUT2D eigenvalue weighted by Crippen LogP contribution is 2.21. The molecule has 0 spiro atoms. The molecule has 1 heterocycles. The number of piperidine rings is 1. The van der Waals surface area contributed by atoms with E-state index >= 15 is 0 Å². The van der Waals surface area contributed by atoms with E-state index in [0.717, 1.165) is 25.8 Å². The highest BCUT2D eigenvalue weighted by atomic mass is 16.6. The van der Waals surface area contributed by atoms with Crippen molar-refractivity contribution in [3.05, 3.63) is 51.6 Å². The molecule has 0 saturated carbocycles. The van der Waals surface area contributed by atoms with Crippen molar-refractivity contribution in [3.8, 4) is 0 Å². The number of rotatable bonds is 12. The van der Waals surface area contributed by atoms with Gasteiger partial charge >= 0.3 is 0 Å². The molecule has 1 aromatic carbocycles. The molecule has 0 bridgehead atoms. The van der Waals surface area contributed by atoms with Crippen LogP contribution in [-0.2, 0) is 20.9 Å². The van der Waals surface area contributed by atoms with E-state index < -0.39 is 11.0 Å². The Hall–Kier alpha value is -3.27.